The minimum Gasteiger partial charge on any atom is -0.309 e. The monoisotopic (exact) mass is 829 g/mol. The molecule has 0 heterocycles. The van der Waals surface area contributed by atoms with E-state index in [1.54, 1.807) is 0 Å². The molecule has 0 fully saturated rings. The van der Waals surface area contributed by atoms with Crippen LogP contribution in [0.1, 0.15) is 47.2 Å². The fourth-order valence-corrected chi connectivity index (χ4v) is 11.1. The second-order valence-corrected chi connectivity index (χ2v) is 18.0. The first-order valence-electron chi connectivity index (χ1n) is 22.8. The van der Waals surface area contributed by atoms with Gasteiger partial charge >= 0.3 is 0 Å². The summed E-state index contributed by atoms with van der Waals surface area (Å²) in [4.78, 5) is 2.50. The van der Waals surface area contributed by atoms with Gasteiger partial charge in [0.2, 0.25) is 0 Å². The molecule has 0 unspecified atom stereocenters. The van der Waals surface area contributed by atoms with Gasteiger partial charge in [0.1, 0.15) is 0 Å². The fraction of sp³-hybridized carbons (Fsp3) is 0.0625. The van der Waals surface area contributed by atoms with Crippen LogP contribution in [0.2, 0.25) is 0 Å². The zero-order chi connectivity index (χ0) is 43.5. The molecule has 0 atom stereocenters. The van der Waals surface area contributed by atoms with E-state index < -0.39 is 5.41 Å². The van der Waals surface area contributed by atoms with Gasteiger partial charge in [-0.15, -0.1) is 0 Å². The molecule has 2 aliphatic rings. The van der Waals surface area contributed by atoms with Crippen LogP contribution in [0.15, 0.2) is 249 Å². The van der Waals surface area contributed by atoms with E-state index in [1.807, 2.05) is 0 Å². The fourth-order valence-electron chi connectivity index (χ4n) is 11.1. The van der Waals surface area contributed by atoms with E-state index in [0.717, 1.165) is 17.1 Å². The molecule has 308 valence electrons. The Labute approximate surface area is 382 Å². The van der Waals surface area contributed by atoms with Crippen LogP contribution >= 0.6 is 0 Å². The average Bonchev–Trinajstić information content (AvgIpc) is 3.80. The lowest BCUT2D eigenvalue weighted by Gasteiger charge is -2.35. The number of para-hydroxylation sites is 1. The second-order valence-electron chi connectivity index (χ2n) is 18.0. The van der Waals surface area contributed by atoms with E-state index in [0.29, 0.717) is 0 Å². The molecule has 10 aromatic carbocycles. The van der Waals surface area contributed by atoms with Crippen LogP contribution in [0.25, 0.3) is 55.6 Å². The Bertz CT molecular complexity index is 3340. The maximum atomic E-state index is 2.54. The summed E-state index contributed by atoms with van der Waals surface area (Å²) >= 11 is 0. The molecule has 0 saturated heterocycles. The maximum absolute atomic E-state index is 2.54. The predicted molar refractivity (Wildman–Crippen MR) is 272 cm³/mol. The first-order valence-corrected chi connectivity index (χ1v) is 22.8. The van der Waals surface area contributed by atoms with E-state index in [-0.39, 0.29) is 5.41 Å². The molecule has 0 amide bonds. The molecule has 0 aromatic heterocycles. The largest absolute Gasteiger partial charge is 0.309 e. The molecule has 10 aromatic rings. The molecule has 0 spiro atoms. The van der Waals surface area contributed by atoms with Crippen molar-refractivity contribution < 1.29 is 0 Å². The summed E-state index contributed by atoms with van der Waals surface area (Å²) in [6, 6.07) is 92.0. The highest BCUT2D eigenvalue weighted by Gasteiger charge is 2.47. The molecule has 12 rings (SSSR count). The molecular formula is C64H47N. The molecule has 65 heavy (non-hydrogen) atoms. The average molecular weight is 830 g/mol. The van der Waals surface area contributed by atoms with Crippen LogP contribution in [0.3, 0.4) is 0 Å². The Hall–Kier alpha value is -8.00. The quantitative estimate of drug-likeness (QED) is 0.147. The van der Waals surface area contributed by atoms with Crippen molar-refractivity contribution in [3.63, 3.8) is 0 Å². The number of rotatable bonds is 8. The summed E-state index contributed by atoms with van der Waals surface area (Å²) in [7, 11) is 0. The van der Waals surface area contributed by atoms with E-state index >= 15 is 0 Å². The highest BCUT2D eigenvalue weighted by molar-refractivity contribution is 5.96. The molecule has 0 aliphatic heterocycles. The Balaban J connectivity index is 1.06. The van der Waals surface area contributed by atoms with Crippen LogP contribution in [0.5, 0.6) is 0 Å². The summed E-state index contributed by atoms with van der Waals surface area (Å²) in [6.45, 7) is 4.84. The van der Waals surface area contributed by atoms with Gasteiger partial charge in [0.25, 0.3) is 0 Å². The molecule has 0 N–H and O–H groups in total. The van der Waals surface area contributed by atoms with Crippen molar-refractivity contribution in [3.05, 3.63) is 282 Å². The number of hydrogen-bond acceptors (Lipinski definition) is 1. The molecule has 0 saturated carbocycles. The highest BCUT2D eigenvalue weighted by Crippen LogP contribution is 2.59. The van der Waals surface area contributed by atoms with Gasteiger partial charge in [-0.2, -0.15) is 0 Å². The van der Waals surface area contributed by atoms with Gasteiger partial charge in [-0.1, -0.05) is 232 Å². The summed E-state index contributed by atoms with van der Waals surface area (Å²) in [5, 5.41) is 0. The molecular weight excluding hydrogens is 783 g/mol. The minimum absolute atomic E-state index is 0.295. The first kappa shape index (κ1) is 38.7. The Kier molecular flexibility index (Phi) is 9.14. The van der Waals surface area contributed by atoms with Crippen LogP contribution in [-0.4, -0.2) is 0 Å². The molecule has 2 aliphatic carbocycles. The van der Waals surface area contributed by atoms with Crippen molar-refractivity contribution in [3.8, 4) is 55.6 Å². The topological polar surface area (TPSA) is 3.24 Å². The standard InChI is InChI=1S/C64H47N/c1-63(2)59-42-49(64(48-27-13-6-14-28-48)57-32-18-15-30-52(57)53-31-16-19-33-58(53)64)36-38-54(59)55-39-37-50(43-60(55)63)65(61-34-20-17-29-51(61)45-23-9-4-10-24-45)62-40-35-47(44-21-7-3-8-22-44)41-56(62)46-25-11-5-12-26-46/h3-43H,1-2H3. The van der Waals surface area contributed by atoms with Gasteiger partial charge in [-0.3, -0.25) is 0 Å². The minimum atomic E-state index is -0.461. The summed E-state index contributed by atoms with van der Waals surface area (Å²) < 4.78 is 0. The van der Waals surface area contributed by atoms with Crippen molar-refractivity contribution in [2.75, 3.05) is 4.90 Å². The Morgan fingerprint density at radius 1 is 0.277 bits per heavy atom. The third kappa shape index (κ3) is 6.07. The normalized spacial score (nSPS) is 13.6. The van der Waals surface area contributed by atoms with Crippen molar-refractivity contribution >= 4 is 17.1 Å². The zero-order valence-electron chi connectivity index (χ0n) is 36.6. The second kappa shape index (κ2) is 15.4. The van der Waals surface area contributed by atoms with Crippen LogP contribution in [0, 0.1) is 0 Å². The SMILES string of the molecule is CC1(C)c2cc(N(c3ccccc3-c3ccccc3)c3ccc(-c4ccccc4)cc3-c3ccccc3)ccc2-c2ccc(C3(c4ccccc4)c4ccccc4-c4ccccc43)cc21. The van der Waals surface area contributed by atoms with E-state index in [2.05, 4.69) is 267 Å². The maximum Gasteiger partial charge on any atom is 0.0713 e. The molecule has 1 heteroatoms. The van der Waals surface area contributed by atoms with Crippen molar-refractivity contribution in [1.29, 1.82) is 0 Å². The first-order chi connectivity index (χ1) is 32.0. The number of anilines is 3. The molecule has 0 bridgehead atoms. The number of benzene rings is 10. The lowest BCUT2D eigenvalue weighted by Crippen LogP contribution is -2.29. The van der Waals surface area contributed by atoms with Crippen LogP contribution < -0.4 is 4.90 Å². The summed E-state index contributed by atoms with van der Waals surface area (Å²) in [6.07, 6.45) is 0. The lowest BCUT2D eigenvalue weighted by molar-refractivity contribution is 0.655. The smallest absolute Gasteiger partial charge is 0.0713 e. The van der Waals surface area contributed by atoms with E-state index in [4.69, 9.17) is 0 Å². The van der Waals surface area contributed by atoms with Crippen molar-refractivity contribution in [2.45, 2.75) is 24.7 Å². The van der Waals surface area contributed by atoms with Gasteiger partial charge in [-0.25, -0.2) is 0 Å². The Morgan fingerprint density at radius 2 is 0.738 bits per heavy atom. The third-order valence-corrected chi connectivity index (χ3v) is 14.2. The van der Waals surface area contributed by atoms with Crippen LogP contribution in [-0.2, 0) is 10.8 Å². The van der Waals surface area contributed by atoms with Crippen molar-refractivity contribution in [1.82, 2.24) is 0 Å². The van der Waals surface area contributed by atoms with Gasteiger partial charge in [0.05, 0.1) is 16.8 Å². The number of nitrogens with zero attached hydrogens (tertiary/aromatic N) is 1. The van der Waals surface area contributed by atoms with Crippen LogP contribution in [0.4, 0.5) is 17.1 Å². The van der Waals surface area contributed by atoms with Gasteiger partial charge in [0, 0.05) is 22.2 Å². The Morgan fingerprint density at radius 3 is 1.37 bits per heavy atom. The number of fused-ring (bicyclic) bond motifs is 6. The predicted octanol–water partition coefficient (Wildman–Crippen LogP) is 16.8. The van der Waals surface area contributed by atoms with Gasteiger partial charge < -0.3 is 4.90 Å². The lowest BCUT2D eigenvalue weighted by atomic mass is 9.66. The number of hydrogen-bond donors (Lipinski definition) is 0. The third-order valence-electron chi connectivity index (χ3n) is 14.2. The summed E-state index contributed by atoms with van der Waals surface area (Å²) in [5.41, 5.74) is 22.8. The summed E-state index contributed by atoms with van der Waals surface area (Å²) in [5.74, 6) is 0. The van der Waals surface area contributed by atoms with Gasteiger partial charge in [-0.05, 0) is 108 Å². The molecule has 0 radical (unpaired) electrons. The van der Waals surface area contributed by atoms with Crippen molar-refractivity contribution in [2.24, 2.45) is 0 Å². The highest BCUT2D eigenvalue weighted by atomic mass is 15.1. The zero-order valence-corrected chi connectivity index (χ0v) is 36.6. The van der Waals surface area contributed by atoms with Gasteiger partial charge in [0.15, 0.2) is 0 Å². The molecule has 1 nitrogen and oxygen atoms in total. The van der Waals surface area contributed by atoms with E-state index in [1.165, 1.54) is 89.0 Å². The van der Waals surface area contributed by atoms with E-state index in [9.17, 15) is 0 Å².